The first kappa shape index (κ1) is 22.0. The van der Waals surface area contributed by atoms with Crippen molar-refractivity contribution >= 4 is 28.9 Å². The number of aliphatic hydroxyl groups is 1. The second-order valence-electron chi connectivity index (χ2n) is 6.88. The van der Waals surface area contributed by atoms with Gasteiger partial charge in [-0.25, -0.2) is 0 Å². The predicted molar refractivity (Wildman–Crippen MR) is 111 cm³/mol. The fraction of sp³-hybridized carbons (Fsp3) is 0.300. The van der Waals surface area contributed by atoms with Crippen LogP contribution in [0.25, 0.3) is 11.0 Å². The molecule has 1 amide bonds. The lowest BCUT2D eigenvalue weighted by molar-refractivity contribution is -0.138. The lowest BCUT2D eigenvalue weighted by Crippen LogP contribution is -2.37. The number of aliphatic carboxylic acids is 1. The quantitative estimate of drug-likeness (QED) is 0.252. The molecular formula is C20H23N5O6. The van der Waals surface area contributed by atoms with Crippen molar-refractivity contribution in [2.24, 2.45) is 0 Å². The van der Waals surface area contributed by atoms with E-state index >= 15 is 0 Å². The topological polar surface area (TPSA) is 183 Å². The smallest absolute Gasteiger partial charge is 0.303 e. The van der Waals surface area contributed by atoms with Crippen LogP contribution in [0, 0.1) is 0 Å². The summed E-state index contributed by atoms with van der Waals surface area (Å²) in [6, 6.07) is 6.87. The van der Waals surface area contributed by atoms with Crippen LogP contribution < -0.4 is 16.6 Å². The summed E-state index contributed by atoms with van der Waals surface area (Å²) in [5.41, 5.74) is 7.83. The summed E-state index contributed by atoms with van der Waals surface area (Å²) >= 11 is 0. The molecule has 164 valence electrons. The Labute approximate surface area is 176 Å². The Morgan fingerprint density at radius 3 is 2.65 bits per heavy atom. The van der Waals surface area contributed by atoms with Gasteiger partial charge in [-0.05, 0) is 36.1 Å². The highest BCUT2D eigenvalue weighted by Gasteiger charge is 2.16. The maximum atomic E-state index is 12.4. The number of ether oxygens (including phenoxy) is 1. The third kappa shape index (κ3) is 5.68. The molecule has 11 heteroatoms. The number of carboxylic acid groups (broad SMARTS) is 1. The lowest BCUT2D eigenvalue weighted by Gasteiger charge is -2.17. The number of carbonyl (C=O) groups is 2. The number of aromatic amines is 2. The summed E-state index contributed by atoms with van der Waals surface area (Å²) in [6.45, 7) is -0.637. The van der Waals surface area contributed by atoms with Gasteiger partial charge in [-0.3, -0.25) is 19.4 Å². The second-order valence-corrected chi connectivity index (χ2v) is 6.88. The molecule has 1 atom stereocenters. The summed E-state index contributed by atoms with van der Waals surface area (Å²) < 4.78 is 4.96. The number of nitrogen functional groups attached to an aromatic ring is 1. The van der Waals surface area contributed by atoms with Gasteiger partial charge in [-0.1, -0.05) is 12.1 Å². The predicted octanol–water partition coefficient (Wildman–Crippen LogP) is 0.506. The molecule has 3 rings (SSSR count). The van der Waals surface area contributed by atoms with Gasteiger partial charge in [-0.15, -0.1) is 0 Å². The third-order valence-electron chi connectivity index (χ3n) is 4.73. The Bertz CT molecular complexity index is 1120. The summed E-state index contributed by atoms with van der Waals surface area (Å²) in [6.07, 6.45) is 1.87. The molecular weight excluding hydrogens is 406 g/mol. The zero-order valence-electron chi connectivity index (χ0n) is 16.6. The van der Waals surface area contributed by atoms with Gasteiger partial charge >= 0.3 is 5.97 Å². The van der Waals surface area contributed by atoms with Crippen molar-refractivity contribution in [2.45, 2.75) is 31.9 Å². The first-order chi connectivity index (χ1) is 14.9. The number of nitrogens with zero attached hydrogens (tertiary/aromatic N) is 1. The number of amides is 1. The van der Waals surface area contributed by atoms with Crippen molar-refractivity contribution in [3.8, 4) is 0 Å². The molecule has 11 nitrogen and oxygen atoms in total. The fourth-order valence-electron chi connectivity index (χ4n) is 3.19. The van der Waals surface area contributed by atoms with E-state index in [4.69, 9.17) is 20.7 Å². The molecule has 0 fully saturated rings. The maximum absolute atomic E-state index is 12.4. The van der Waals surface area contributed by atoms with E-state index < -0.39 is 24.9 Å². The highest BCUT2D eigenvalue weighted by molar-refractivity contribution is 5.94. The molecule has 0 saturated carbocycles. The highest BCUT2D eigenvalue weighted by Crippen LogP contribution is 2.16. The minimum absolute atomic E-state index is 0.0317. The van der Waals surface area contributed by atoms with E-state index in [2.05, 4.69) is 20.3 Å². The van der Waals surface area contributed by atoms with Crippen molar-refractivity contribution in [3.05, 3.63) is 57.5 Å². The molecule has 0 aliphatic rings. The van der Waals surface area contributed by atoms with Crippen LogP contribution >= 0.6 is 0 Å². The van der Waals surface area contributed by atoms with E-state index in [0.29, 0.717) is 29.4 Å². The number of hydrogen-bond acceptors (Lipinski definition) is 7. The van der Waals surface area contributed by atoms with Crippen LogP contribution in [0.5, 0.6) is 0 Å². The number of fused-ring (bicyclic) bond motifs is 1. The van der Waals surface area contributed by atoms with Gasteiger partial charge in [0.1, 0.15) is 18.7 Å². The van der Waals surface area contributed by atoms with Gasteiger partial charge in [0.25, 0.3) is 11.5 Å². The number of benzene rings is 1. The molecule has 3 aromatic rings. The number of aromatic nitrogens is 3. The van der Waals surface area contributed by atoms with Crippen LogP contribution in [0.15, 0.2) is 35.3 Å². The average molecular weight is 429 g/mol. The van der Waals surface area contributed by atoms with E-state index in [1.54, 1.807) is 30.5 Å². The Morgan fingerprint density at radius 2 is 1.97 bits per heavy atom. The SMILES string of the molecule is Nc1nc2[nH]cc(CCc3ccc(C(=O)N[C@@H](CCC(=O)O)OCO)cc3)c2c(=O)[nH]1. The number of hydrogen-bond donors (Lipinski definition) is 6. The molecule has 0 saturated heterocycles. The summed E-state index contributed by atoms with van der Waals surface area (Å²) in [5, 5.41) is 20.7. The fourth-order valence-corrected chi connectivity index (χ4v) is 3.19. The van der Waals surface area contributed by atoms with Gasteiger partial charge < -0.3 is 31.0 Å². The van der Waals surface area contributed by atoms with Gasteiger partial charge in [0, 0.05) is 24.6 Å². The molecule has 2 heterocycles. The summed E-state index contributed by atoms with van der Waals surface area (Å²) in [4.78, 5) is 44.7. The van der Waals surface area contributed by atoms with Crippen molar-refractivity contribution in [1.29, 1.82) is 0 Å². The number of nitrogens with one attached hydrogen (secondary N) is 3. The molecule has 7 N–H and O–H groups in total. The van der Waals surface area contributed by atoms with Crippen molar-refractivity contribution in [3.63, 3.8) is 0 Å². The first-order valence-corrected chi connectivity index (χ1v) is 9.57. The van der Waals surface area contributed by atoms with Gasteiger partial charge in [0.05, 0.1) is 5.39 Å². The van der Waals surface area contributed by atoms with E-state index in [0.717, 1.165) is 11.1 Å². The molecule has 0 unspecified atom stereocenters. The largest absolute Gasteiger partial charge is 0.481 e. The highest BCUT2D eigenvalue weighted by atomic mass is 16.6. The molecule has 0 radical (unpaired) electrons. The number of aryl methyl sites for hydroxylation is 2. The second kappa shape index (κ2) is 9.87. The van der Waals surface area contributed by atoms with Crippen LogP contribution in [0.1, 0.15) is 34.3 Å². The normalized spacial score (nSPS) is 12.0. The average Bonchev–Trinajstić information content (AvgIpc) is 3.14. The van der Waals surface area contributed by atoms with E-state index in [1.165, 1.54) is 0 Å². The molecule has 0 aliphatic heterocycles. The van der Waals surface area contributed by atoms with Crippen molar-refractivity contribution in [1.82, 2.24) is 20.3 Å². The number of anilines is 1. The summed E-state index contributed by atoms with van der Waals surface area (Å²) in [5.74, 6) is -1.42. The van der Waals surface area contributed by atoms with Crippen molar-refractivity contribution in [2.75, 3.05) is 12.5 Å². The molecule has 0 bridgehead atoms. The Kier molecular flexibility index (Phi) is 7.00. The van der Waals surface area contributed by atoms with Crippen LogP contribution in [-0.4, -0.2) is 50.1 Å². The number of carboxylic acids is 1. The van der Waals surface area contributed by atoms with Crippen molar-refractivity contribution < 1.29 is 24.5 Å². The molecule has 0 aliphatic carbocycles. The number of H-pyrrole nitrogens is 2. The first-order valence-electron chi connectivity index (χ1n) is 9.57. The number of carbonyl (C=O) groups excluding carboxylic acids is 1. The molecule has 0 spiro atoms. The van der Waals surface area contributed by atoms with E-state index in [-0.39, 0.29) is 24.3 Å². The molecule has 1 aromatic carbocycles. The maximum Gasteiger partial charge on any atom is 0.303 e. The van der Waals surface area contributed by atoms with Gasteiger partial charge in [-0.2, -0.15) is 4.98 Å². The Hall–Kier alpha value is -3.70. The van der Waals surface area contributed by atoms with Crippen LogP contribution in [-0.2, 0) is 22.4 Å². The minimum Gasteiger partial charge on any atom is -0.481 e. The Morgan fingerprint density at radius 1 is 1.23 bits per heavy atom. The van der Waals surface area contributed by atoms with Crippen LogP contribution in [0.4, 0.5) is 5.95 Å². The third-order valence-corrected chi connectivity index (χ3v) is 4.73. The molecule has 31 heavy (non-hydrogen) atoms. The molecule has 2 aromatic heterocycles. The standard InChI is InChI=1S/C20H23N5O6/c21-20-24-17-16(19(30)25-20)13(9-22-17)6-3-11-1-4-12(5-2-11)18(29)23-14(31-10-26)7-8-15(27)28/h1-2,4-5,9,14,26H,3,6-8,10H2,(H,23,29)(H,27,28)(H4,21,22,24,25,30)/t14-/m1/s1. The summed E-state index contributed by atoms with van der Waals surface area (Å²) in [7, 11) is 0. The number of rotatable bonds is 10. The van der Waals surface area contributed by atoms with E-state index in [1.807, 2.05) is 0 Å². The number of aliphatic hydroxyl groups excluding tert-OH is 1. The minimum atomic E-state index is -1.03. The monoisotopic (exact) mass is 429 g/mol. The van der Waals surface area contributed by atoms with Gasteiger partial charge in [0.2, 0.25) is 5.95 Å². The van der Waals surface area contributed by atoms with Crippen LogP contribution in [0.3, 0.4) is 0 Å². The lowest BCUT2D eigenvalue weighted by atomic mass is 10.0. The Balaban J connectivity index is 1.61. The van der Waals surface area contributed by atoms with Crippen LogP contribution in [0.2, 0.25) is 0 Å². The van der Waals surface area contributed by atoms with Gasteiger partial charge in [0.15, 0.2) is 0 Å². The zero-order chi connectivity index (χ0) is 22.4. The van der Waals surface area contributed by atoms with E-state index in [9.17, 15) is 14.4 Å². The zero-order valence-corrected chi connectivity index (χ0v) is 16.6. The number of nitrogens with two attached hydrogens (primary N) is 1.